The molecule has 37 heavy (non-hydrogen) atoms. The van der Waals surface area contributed by atoms with Gasteiger partial charge in [-0.2, -0.15) is 0 Å². The van der Waals surface area contributed by atoms with E-state index in [1.165, 1.54) is 0 Å². The Morgan fingerprint density at radius 3 is 2.46 bits per heavy atom. The van der Waals surface area contributed by atoms with E-state index >= 15 is 0 Å². The van der Waals surface area contributed by atoms with Crippen LogP contribution in [0.5, 0.6) is 0 Å². The van der Waals surface area contributed by atoms with Crippen LogP contribution in [0, 0.1) is 0 Å². The molecule has 192 valence electrons. The molecule has 0 bridgehead atoms. The zero-order valence-electron chi connectivity index (χ0n) is 20.3. The van der Waals surface area contributed by atoms with Gasteiger partial charge in [0, 0.05) is 42.8 Å². The number of anilines is 1. The Labute approximate surface area is 226 Å². The van der Waals surface area contributed by atoms with Crippen LogP contribution < -0.4 is 15.6 Å². The molecular formula is C28H28Cl2N4O3. The third kappa shape index (κ3) is 5.05. The summed E-state index contributed by atoms with van der Waals surface area (Å²) in [5.41, 5.74) is 2.00. The molecule has 2 aliphatic heterocycles. The number of rotatable bonds is 7. The van der Waals surface area contributed by atoms with Crippen molar-refractivity contribution in [2.45, 2.75) is 18.4 Å². The van der Waals surface area contributed by atoms with Crippen LogP contribution in [0.15, 0.2) is 72.8 Å². The molecule has 0 aromatic heterocycles. The van der Waals surface area contributed by atoms with E-state index in [1.54, 1.807) is 17.1 Å². The molecule has 2 aliphatic rings. The smallest absolute Gasteiger partial charge is 0.407 e. The number of hydrazine groups is 1. The molecule has 0 radical (unpaired) electrons. The quantitative estimate of drug-likeness (QED) is 0.453. The Balaban J connectivity index is 1.45. The Morgan fingerprint density at radius 1 is 0.973 bits per heavy atom. The number of hydrogen-bond donors (Lipinski definition) is 2. The highest BCUT2D eigenvalue weighted by Crippen LogP contribution is 2.51. The molecule has 5 rings (SSSR count). The Hall–Kier alpha value is -3.10. The van der Waals surface area contributed by atoms with Crippen LogP contribution in [0.2, 0.25) is 10.0 Å². The Morgan fingerprint density at radius 2 is 1.70 bits per heavy atom. The van der Waals surface area contributed by atoms with E-state index in [2.05, 4.69) is 15.6 Å². The molecule has 3 aromatic rings. The molecule has 7 nitrogen and oxygen atoms in total. The first-order valence-corrected chi connectivity index (χ1v) is 13.1. The number of fused-ring (bicyclic) bond motifs is 1. The molecule has 1 unspecified atom stereocenters. The van der Waals surface area contributed by atoms with Gasteiger partial charge in [-0.1, -0.05) is 71.7 Å². The van der Waals surface area contributed by atoms with Crippen LogP contribution >= 0.6 is 23.2 Å². The molecule has 1 saturated heterocycles. The normalized spacial score (nSPS) is 19.5. The van der Waals surface area contributed by atoms with E-state index in [-0.39, 0.29) is 25.5 Å². The largest absolute Gasteiger partial charge is 0.445 e. The number of carbonyl (C=O) groups is 2. The van der Waals surface area contributed by atoms with Gasteiger partial charge in [0.1, 0.15) is 12.0 Å². The molecule has 0 aliphatic carbocycles. The lowest BCUT2D eigenvalue weighted by Gasteiger charge is -2.37. The highest BCUT2D eigenvalue weighted by molar-refractivity contribution is 6.32. The van der Waals surface area contributed by atoms with Crippen molar-refractivity contribution >= 4 is 40.9 Å². The number of carbonyl (C=O) groups excluding carboxylic acids is 2. The van der Waals surface area contributed by atoms with Gasteiger partial charge in [-0.25, -0.2) is 14.8 Å². The minimum Gasteiger partial charge on any atom is -0.445 e. The number of piperazine rings is 1. The average Bonchev–Trinajstić information content (AvgIpc) is 3.16. The van der Waals surface area contributed by atoms with Crippen molar-refractivity contribution < 1.29 is 14.3 Å². The maximum atomic E-state index is 14.5. The van der Waals surface area contributed by atoms with Crippen LogP contribution in [0.3, 0.4) is 0 Å². The molecule has 2 amide bonds. The van der Waals surface area contributed by atoms with Crippen LogP contribution in [-0.2, 0) is 21.6 Å². The van der Waals surface area contributed by atoms with Crippen molar-refractivity contribution in [1.82, 2.24) is 15.6 Å². The Bertz CT molecular complexity index is 1280. The number of benzene rings is 3. The van der Waals surface area contributed by atoms with E-state index in [1.807, 2.05) is 60.7 Å². The molecule has 1 fully saturated rings. The molecule has 3 aromatic carbocycles. The first-order chi connectivity index (χ1) is 18.0. The summed E-state index contributed by atoms with van der Waals surface area (Å²) in [6, 6.07) is 22.4. The molecular weight excluding hydrogens is 511 g/mol. The van der Waals surface area contributed by atoms with Crippen molar-refractivity contribution in [1.29, 1.82) is 0 Å². The number of ether oxygens (including phenoxy) is 1. The highest BCUT2D eigenvalue weighted by atomic mass is 35.5. The minimum absolute atomic E-state index is 0.112. The second-order valence-corrected chi connectivity index (χ2v) is 9.95. The summed E-state index contributed by atoms with van der Waals surface area (Å²) >= 11 is 13.2. The number of nitrogens with zero attached hydrogens (tertiary/aromatic N) is 2. The van der Waals surface area contributed by atoms with Gasteiger partial charge in [-0.3, -0.25) is 4.79 Å². The summed E-state index contributed by atoms with van der Waals surface area (Å²) in [5.74, 6) is -0.112. The fourth-order valence-electron chi connectivity index (χ4n) is 5.14. The van der Waals surface area contributed by atoms with Gasteiger partial charge in [0.2, 0.25) is 0 Å². The lowest BCUT2D eigenvalue weighted by Crippen LogP contribution is -2.56. The summed E-state index contributed by atoms with van der Waals surface area (Å²) < 4.78 is 5.38. The fraction of sp³-hybridized carbons (Fsp3) is 0.286. The monoisotopic (exact) mass is 538 g/mol. The summed E-state index contributed by atoms with van der Waals surface area (Å²) in [5, 5.41) is 11.0. The number of hydrogen-bond acceptors (Lipinski definition) is 5. The summed E-state index contributed by atoms with van der Waals surface area (Å²) in [6.07, 6.45) is -0.264. The van der Waals surface area contributed by atoms with Gasteiger partial charge in [-0.15, -0.1) is 0 Å². The number of amides is 2. The van der Waals surface area contributed by atoms with Crippen molar-refractivity contribution in [3.8, 4) is 0 Å². The second kappa shape index (κ2) is 11.1. The van der Waals surface area contributed by atoms with Gasteiger partial charge >= 0.3 is 6.09 Å². The summed E-state index contributed by atoms with van der Waals surface area (Å²) in [7, 11) is 0. The number of nitrogens with one attached hydrogen (secondary N) is 2. The summed E-state index contributed by atoms with van der Waals surface area (Å²) in [4.78, 5) is 27.0. The predicted octanol–water partition coefficient (Wildman–Crippen LogP) is 4.76. The second-order valence-electron chi connectivity index (χ2n) is 9.11. The first kappa shape index (κ1) is 25.5. The zero-order valence-corrected chi connectivity index (χ0v) is 21.8. The van der Waals surface area contributed by atoms with Crippen LogP contribution in [0.4, 0.5) is 10.5 Å². The van der Waals surface area contributed by atoms with E-state index in [0.717, 1.165) is 29.9 Å². The van der Waals surface area contributed by atoms with E-state index in [9.17, 15) is 9.59 Å². The molecule has 2 N–H and O–H groups in total. The first-order valence-electron chi connectivity index (χ1n) is 12.3. The highest BCUT2D eigenvalue weighted by Gasteiger charge is 2.54. The van der Waals surface area contributed by atoms with Crippen LogP contribution in [-0.4, -0.2) is 49.7 Å². The third-order valence-electron chi connectivity index (χ3n) is 6.90. The minimum atomic E-state index is -1.13. The topological polar surface area (TPSA) is 73.9 Å². The van der Waals surface area contributed by atoms with E-state index in [4.69, 9.17) is 27.9 Å². The molecule has 1 atom stereocenters. The lowest BCUT2D eigenvalue weighted by atomic mass is 9.72. The Kier molecular flexibility index (Phi) is 7.67. The molecule has 2 heterocycles. The molecule has 0 saturated carbocycles. The van der Waals surface area contributed by atoms with Gasteiger partial charge in [0.15, 0.2) is 0 Å². The van der Waals surface area contributed by atoms with Gasteiger partial charge in [0.05, 0.1) is 5.69 Å². The van der Waals surface area contributed by atoms with E-state index in [0.29, 0.717) is 28.7 Å². The fourth-order valence-corrected chi connectivity index (χ4v) is 5.61. The average molecular weight is 539 g/mol. The predicted molar refractivity (Wildman–Crippen MR) is 145 cm³/mol. The number of alkyl carbamates (subject to hydrolysis) is 1. The molecule has 0 spiro atoms. The van der Waals surface area contributed by atoms with Gasteiger partial charge in [0.25, 0.3) is 5.91 Å². The van der Waals surface area contributed by atoms with Crippen molar-refractivity contribution in [3.05, 3.63) is 99.5 Å². The van der Waals surface area contributed by atoms with Crippen molar-refractivity contribution in [2.75, 3.05) is 37.7 Å². The SMILES string of the molecule is O=C(NCCC1(c2ccccc2Cl)C(=O)N(N2CCNCC2)c2ccc(Cl)cc21)OCc1ccccc1. The standard InChI is InChI=1S/C28H28Cl2N4O3/c29-21-10-11-25-23(18-21)28(22-8-4-5-9-24(22)30,26(35)34(25)33-16-14-31-15-17-33)12-13-32-27(36)37-19-20-6-2-1-3-7-20/h1-11,18,31H,12-17,19H2,(H,32,36). The van der Waals surface area contributed by atoms with E-state index < -0.39 is 11.5 Å². The van der Waals surface area contributed by atoms with Crippen LogP contribution in [0.1, 0.15) is 23.1 Å². The lowest BCUT2D eigenvalue weighted by molar-refractivity contribution is -0.125. The van der Waals surface area contributed by atoms with Crippen LogP contribution in [0.25, 0.3) is 0 Å². The zero-order chi connectivity index (χ0) is 25.8. The molecule has 9 heteroatoms. The summed E-state index contributed by atoms with van der Waals surface area (Å²) in [6.45, 7) is 3.30. The van der Waals surface area contributed by atoms with Crippen molar-refractivity contribution in [2.24, 2.45) is 0 Å². The maximum Gasteiger partial charge on any atom is 0.407 e. The third-order valence-corrected chi connectivity index (χ3v) is 7.46. The maximum absolute atomic E-state index is 14.5. The number of halogens is 2. The van der Waals surface area contributed by atoms with Crippen molar-refractivity contribution in [3.63, 3.8) is 0 Å². The van der Waals surface area contributed by atoms with Gasteiger partial charge < -0.3 is 15.4 Å². The van der Waals surface area contributed by atoms with Gasteiger partial charge in [-0.05, 0) is 47.4 Å².